The van der Waals surface area contributed by atoms with Crippen LogP contribution in [0.5, 0.6) is 5.75 Å². The van der Waals surface area contributed by atoms with Crippen molar-refractivity contribution in [2.75, 3.05) is 17.2 Å². The summed E-state index contributed by atoms with van der Waals surface area (Å²) in [5.41, 5.74) is 14.0. The van der Waals surface area contributed by atoms with E-state index in [1.165, 1.54) is 11.8 Å². The quantitative estimate of drug-likeness (QED) is 0.540. The Balaban J connectivity index is 1.87. The monoisotopic (exact) mass is 396 g/mol. The highest BCUT2D eigenvalue weighted by Crippen LogP contribution is 2.30. The van der Waals surface area contributed by atoms with Crippen LogP contribution in [-0.4, -0.2) is 28.5 Å². The predicted octanol–water partition coefficient (Wildman–Crippen LogP) is 2.94. The third-order valence-corrected chi connectivity index (χ3v) is 4.69. The number of carbonyl (C=O) groups is 1. The molecule has 6 N–H and O–H groups in total. The Morgan fingerprint density at radius 2 is 2.14 bits per heavy atom. The van der Waals surface area contributed by atoms with Gasteiger partial charge in [0.2, 0.25) is 5.95 Å². The molecule has 0 fully saturated rings. The zero-order valence-corrected chi connectivity index (χ0v) is 16.9. The minimum Gasteiger partial charge on any atom is -0.493 e. The highest BCUT2D eigenvalue weighted by molar-refractivity contribution is 5.98. The number of hydrogen-bond acceptors (Lipinski definition) is 7. The molecular weight excluding hydrogens is 368 g/mol. The first-order valence-electron chi connectivity index (χ1n) is 9.74. The van der Waals surface area contributed by atoms with Gasteiger partial charge in [0.05, 0.1) is 12.6 Å². The molecule has 8 nitrogen and oxygen atoms in total. The Hall–Kier alpha value is -3.29. The summed E-state index contributed by atoms with van der Waals surface area (Å²) in [5, 5.41) is 6.35. The van der Waals surface area contributed by atoms with Crippen molar-refractivity contribution >= 4 is 23.4 Å². The lowest BCUT2D eigenvalue weighted by molar-refractivity contribution is 0.100. The summed E-state index contributed by atoms with van der Waals surface area (Å²) < 4.78 is 5.72. The topological polar surface area (TPSA) is 128 Å². The zero-order valence-electron chi connectivity index (χ0n) is 16.9. The molecule has 29 heavy (non-hydrogen) atoms. The van der Waals surface area contributed by atoms with Crippen LogP contribution in [0.3, 0.4) is 0 Å². The number of amides is 1. The van der Waals surface area contributed by atoms with Gasteiger partial charge in [0, 0.05) is 23.6 Å². The summed E-state index contributed by atoms with van der Waals surface area (Å²) in [6.07, 6.45) is 4.18. The molecular formula is C21H28N6O2. The van der Waals surface area contributed by atoms with Gasteiger partial charge in [-0.05, 0) is 36.8 Å². The molecule has 1 aliphatic heterocycles. The van der Waals surface area contributed by atoms with E-state index < -0.39 is 5.91 Å². The minimum absolute atomic E-state index is 0.181. The van der Waals surface area contributed by atoms with Crippen LogP contribution in [-0.2, 0) is 6.42 Å². The van der Waals surface area contributed by atoms with E-state index in [1.54, 1.807) is 0 Å². The van der Waals surface area contributed by atoms with Crippen LogP contribution >= 0.6 is 0 Å². The van der Waals surface area contributed by atoms with Crippen LogP contribution in [0.1, 0.15) is 42.6 Å². The summed E-state index contributed by atoms with van der Waals surface area (Å²) >= 11 is 0. The zero-order chi connectivity index (χ0) is 21.0. The molecule has 1 amide bonds. The average Bonchev–Trinajstić information content (AvgIpc) is 2.67. The van der Waals surface area contributed by atoms with Crippen molar-refractivity contribution in [1.82, 2.24) is 9.97 Å². The molecule has 1 aromatic carbocycles. The number of aryl methyl sites for hydroxylation is 1. The highest BCUT2D eigenvalue weighted by Gasteiger charge is 2.18. The van der Waals surface area contributed by atoms with Crippen molar-refractivity contribution in [3.8, 4) is 5.75 Å². The first kappa shape index (κ1) is 20.4. The van der Waals surface area contributed by atoms with E-state index in [4.69, 9.17) is 16.2 Å². The number of fused-ring (bicyclic) bond motifs is 1. The molecule has 1 aliphatic rings. The van der Waals surface area contributed by atoms with Gasteiger partial charge in [-0.2, -0.15) is 4.98 Å². The molecule has 0 spiro atoms. The van der Waals surface area contributed by atoms with Gasteiger partial charge in [-0.15, -0.1) is 0 Å². The molecule has 2 aromatic rings. The van der Waals surface area contributed by atoms with E-state index in [-0.39, 0.29) is 11.6 Å². The third-order valence-electron chi connectivity index (χ3n) is 4.69. The smallest absolute Gasteiger partial charge is 0.254 e. The average molecular weight is 396 g/mol. The largest absolute Gasteiger partial charge is 0.493 e. The first-order chi connectivity index (χ1) is 13.8. The normalized spacial score (nSPS) is 13.9. The molecule has 8 heteroatoms. The van der Waals surface area contributed by atoms with Gasteiger partial charge in [0.15, 0.2) is 0 Å². The number of carbonyl (C=O) groups excluding carboxylic acids is 1. The molecule has 0 aliphatic carbocycles. The Morgan fingerprint density at radius 3 is 2.83 bits per heavy atom. The maximum absolute atomic E-state index is 11.9. The molecule has 0 bridgehead atoms. The summed E-state index contributed by atoms with van der Waals surface area (Å²) in [6.45, 7) is 8.73. The van der Waals surface area contributed by atoms with Gasteiger partial charge in [-0.1, -0.05) is 26.5 Å². The highest BCUT2D eigenvalue weighted by atomic mass is 16.5. The number of nitrogens with zero attached hydrogens (tertiary/aromatic N) is 2. The molecule has 0 saturated carbocycles. The lowest BCUT2D eigenvalue weighted by Crippen LogP contribution is -2.29. The predicted molar refractivity (Wildman–Crippen MR) is 114 cm³/mol. The SMILES string of the molecule is C=C(N)[C@@H](CC(C)C)Nc1ncc(C(N)=O)c(Nc2ccc3c(c2)OCCC3)n1. The molecule has 1 atom stereocenters. The fourth-order valence-electron chi connectivity index (χ4n) is 3.21. The summed E-state index contributed by atoms with van der Waals surface area (Å²) in [4.78, 5) is 20.5. The summed E-state index contributed by atoms with van der Waals surface area (Å²) in [5.74, 6) is 1.28. The minimum atomic E-state index is -0.616. The van der Waals surface area contributed by atoms with Crippen molar-refractivity contribution < 1.29 is 9.53 Å². The molecule has 154 valence electrons. The van der Waals surface area contributed by atoms with Gasteiger partial charge >= 0.3 is 0 Å². The maximum atomic E-state index is 11.9. The van der Waals surface area contributed by atoms with Crippen molar-refractivity contribution in [2.45, 2.75) is 39.2 Å². The number of ether oxygens (including phenoxy) is 1. The van der Waals surface area contributed by atoms with Crippen LogP contribution in [0, 0.1) is 5.92 Å². The Morgan fingerprint density at radius 1 is 1.34 bits per heavy atom. The second-order valence-corrected chi connectivity index (χ2v) is 7.62. The van der Waals surface area contributed by atoms with E-state index >= 15 is 0 Å². The fraction of sp³-hybridized carbons (Fsp3) is 0.381. The van der Waals surface area contributed by atoms with Gasteiger partial charge in [-0.25, -0.2) is 4.98 Å². The lowest BCUT2D eigenvalue weighted by atomic mass is 10.0. The number of hydrogen-bond donors (Lipinski definition) is 4. The van der Waals surface area contributed by atoms with Gasteiger partial charge < -0.3 is 26.8 Å². The Bertz CT molecular complexity index is 912. The Kier molecular flexibility index (Phi) is 6.21. The van der Waals surface area contributed by atoms with Crippen LogP contribution < -0.4 is 26.8 Å². The number of anilines is 3. The molecule has 0 radical (unpaired) electrons. The number of aromatic nitrogens is 2. The Labute approximate surface area is 170 Å². The number of nitrogens with two attached hydrogens (primary N) is 2. The standard InChI is InChI=1S/C21H28N6O2/c1-12(2)9-17(13(3)22)26-21-24-11-16(19(23)28)20(27-21)25-15-7-6-14-5-4-8-29-18(14)10-15/h6-7,10-12,17H,3-5,8-9,22H2,1-2H3,(H2,23,28)(H2,24,25,26,27)/t17-/m1/s1. The molecule has 3 rings (SSSR count). The van der Waals surface area contributed by atoms with E-state index in [1.807, 2.05) is 18.2 Å². The second-order valence-electron chi connectivity index (χ2n) is 7.62. The molecule has 1 aromatic heterocycles. The number of nitrogens with one attached hydrogen (secondary N) is 2. The lowest BCUT2D eigenvalue weighted by Gasteiger charge is -2.21. The van der Waals surface area contributed by atoms with E-state index in [2.05, 4.69) is 41.0 Å². The molecule has 2 heterocycles. The molecule has 0 unspecified atom stereocenters. The maximum Gasteiger partial charge on any atom is 0.254 e. The summed E-state index contributed by atoms with van der Waals surface area (Å²) in [6, 6.07) is 5.66. The van der Waals surface area contributed by atoms with Crippen LogP contribution in [0.15, 0.2) is 36.7 Å². The van der Waals surface area contributed by atoms with Crippen LogP contribution in [0.25, 0.3) is 0 Å². The third kappa shape index (κ3) is 5.16. The number of benzene rings is 1. The van der Waals surface area contributed by atoms with Gasteiger partial charge in [0.1, 0.15) is 17.1 Å². The van der Waals surface area contributed by atoms with Crippen molar-refractivity contribution in [2.24, 2.45) is 17.4 Å². The van der Waals surface area contributed by atoms with Gasteiger partial charge in [-0.3, -0.25) is 4.79 Å². The number of primary amides is 1. The summed E-state index contributed by atoms with van der Waals surface area (Å²) in [7, 11) is 0. The first-order valence-corrected chi connectivity index (χ1v) is 9.74. The van der Waals surface area contributed by atoms with Crippen LogP contribution in [0.4, 0.5) is 17.5 Å². The van der Waals surface area contributed by atoms with E-state index in [0.29, 0.717) is 30.0 Å². The van der Waals surface area contributed by atoms with Crippen molar-refractivity contribution in [3.05, 3.63) is 47.8 Å². The van der Waals surface area contributed by atoms with Crippen molar-refractivity contribution in [3.63, 3.8) is 0 Å². The molecule has 0 saturated heterocycles. The van der Waals surface area contributed by atoms with E-state index in [0.717, 1.165) is 30.7 Å². The van der Waals surface area contributed by atoms with Crippen molar-refractivity contribution in [1.29, 1.82) is 0 Å². The van der Waals surface area contributed by atoms with Crippen LogP contribution in [0.2, 0.25) is 0 Å². The fourth-order valence-corrected chi connectivity index (χ4v) is 3.21. The second kappa shape index (κ2) is 8.81. The van der Waals surface area contributed by atoms with Gasteiger partial charge in [0.25, 0.3) is 5.91 Å². The van der Waals surface area contributed by atoms with E-state index in [9.17, 15) is 4.79 Å². The number of rotatable bonds is 8.